The van der Waals surface area contributed by atoms with Gasteiger partial charge >= 0.3 is 0 Å². The van der Waals surface area contributed by atoms with Crippen molar-refractivity contribution in [3.63, 3.8) is 0 Å². The number of carbonyl (C=O) groups excluding carboxylic acids is 1. The first kappa shape index (κ1) is 24.2. The molecule has 1 saturated carbocycles. The predicted octanol–water partition coefficient (Wildman–Crippen LogP) is 5.29. The van der Waals surface area contributed by atoms with Gasteiger partial charge in [-0.25, -0.2) is 0 Å². The first-order valence-corrected chi connectivity index (χ1v) is 14.6. The van der Waals surface area contributed by atoms with E-state index in [0.717, 1.165) is 51.7 Å². The highest BCUT2D eigenvalue weighted by atomic mass is 16.2. The number of carbonyl (C=O) groups is 1. The van der Waals surface area contributed by atoms with Crippen LogP contribution >= 0.6 is 0 Å². The third-order valence-electron chi connectivity index (χ3n) is 10.2. The molecule has 4 atom stereocenters. The third kappa shape index (κ3) is 4.20. The van der Waals surface area contributed by atoms with E-state index in [1.165, 1.54) is 54.4 Å². The summed E-state index contributed by atoms with van der Waals surface area (Å²) < 4.78 is 0. The van der Waals surface area contributed by atoms with Crippen LogP contribution in [0.5, 0.6) is 0 Å². The molecule has 3 fully saturated rings. The highest BCUT2D eigenvalue weighted by Crippen LogP contribution is 2.48. The third-order valence-corrected chi connectivity index (χ3v) is 10.2. The van der Waals surface area contributed by atoms with Gasteiger partial charge in [-0.1, -0.05) is 67.8 Å². The van der Waals surface area contributed by atoms with Crippen LogP contribution in [0, 0.1) is 11.8 Å². The SMILES string of the molecule is NCc1cccc2c1CCC[C@]21CNC[C@H]1C(=O)N1CC[C@@H](c2ccccc2)C[C@H]1C1CCCCC1. The van der Waals surface area contributed by atoms with Gasteiger partial charge in [0.25, 0.3) is 0 Å². The normalized spacial score (nSPS) is 30.9. The summed E-state index contributed by atoms with van der Waals surface area (Å²) in [6.07, 6.45) is 12.1. The van der Waals surface area contributed by atoms with Gasteiger partial charge in [0.2, 0.25) is 5.91 Å². The molecule has 6 rings (SSSR count). The molecule has 2 aromatic rings. The Bertz CT molecular complexity index is 1060. The minimum absolute atomic E-state index is 0.0314. The van der Waals surface area contributed by atoms with E-state index in [4.69, 9.17) is 5.73 Å². The number of amides is 1. The Hall–Kier alpha value is -2.17. The molecular weight excluding hydrogens is 442 g/mol. The first-order valence-electron chi connectivity index (χ1n) is 14.6. The number of nitrogens with two attached hydrogens (primary N) is 1. The van der Waals surface area contributed by atoms with Crippen LogP contribution in [0.25, 0.3) is 0 Å². The molecule has 0 radical (unpaired) electrons. The number of nitrogens with one attached hydrogen (secondary N) is 1. The number of fused-ring (bicyclic) bond motifs is 2. The van der Waals surface area contributed by atoms with E-state index in [1.54, 1.807) is 0 Å². The van der Waals surface area contributed by atoms with Crippen molar-refractivity contribution >= 4 is 5.91 Å². The Morgan fingerprint density at radius 1 is 1.00 bits per heavy atom. The molecule has 1 spiro atoms. The molecule has 1 amide bonds. The van der Waals surface area contributed by atoms with Crippen LogP contribution in [-0.4, -0.2) is 36.5 Å². The van der Waals surface area contributed by atoms with Crippen molar-refractivity contribution in [3.8, 4) is 0 Å². The minimum atomic E-state index is -0.0801. The molecule has 2 aliphatic heterocycles. The number of piperidine rings is 1. The largest absolute Gasteiger partial charge is 0.339 e. The van der Waals surface area contributed by atoms with Gasteiger partial charge in [-0.2, -0.15) is 0 Å². The van der Waals surface area contributed by atoms with Crippen LogP contribution in [0.1, 0.15) is 86.0 Å². The van der Waals surface area contributed by atoms with E-state index >= 15 is 0 Å². The summed E-state index contributed by atoms with van der Waals surface area (Å²) in [4.78, 5) is 17.0. The highest BCUT2D eigenvalue weighted by molar-refractivity contribution is 5.82. The molecule has 3 N–H and O–H groups in total. The van der Waals surface area contributed by atoms with E-state index in [0.29, 0.717) is 30.3 Å². The molecule has 2 aromatic carbocycles. The molecule has 0 bridgehead atoms. The standard InChI is InChI=1S/C32H43N3O/c33-20-26-13-7-15-28-27(26)14-8-17-32(28)22-34-21-29(32)31(36)35-18-16-25(23-9-3-1-4-10-23)19-30(35)24-11-5-2-6-12-24/h1,3-4,7,9-10,13,15,24-25,29-30,34H,2,5-6,8,11-12,14,16-22,33H2/t25-,29+,30+,32+/m1/s1. The Balaban J connectivity index is 1.31. The monoisotopic (exact) mass is 485 g/mol. The molecule has 4 nitrogen and oxygen atoms in total. The lowest BCUT2D eigenvalue weighted by Crippen LogP contribution is -2.55. The summed E-state index contributed by atoms with van der Waals surface area (Å²) in [6.45, 7) is 3.21. The molecule has 4 heteroatoms. The van der Waals surface area contributed by atoms with Crippen molar-refractivity contribution in [2.45, 2.75) is 88.1 Å². The van der Waals surface area contributed by atoms with Gasteiger partial charge < -0.3 is 16.0 Å². The lowest BCUT2D eigenvalue weighted by Gasteiger charge is -2.48. The molecule has 192 valence electrons. The number of hydrogen-bond donors (Lipinski definition) is 2. The molecule has 36 heavy (non-hydrogen) atoms. The molecule has 4 aliphatic rings. The Morgan fingerprint density at radius 3 is 2.64 bits per heavy atom. The van der Waals surface area contributed by atoms with Crippen molar-refractivity contribution in [1.29, 1.82) is 0 Å². The topological polar surface area (TPSA) is 58.4 Å². The molecule has 2 heterocycles. The van der Waals surface area contributed by atoms with Gasteiger partial charge in [0.05, 0.1) is 5.92 Å². The zero-order chi connectivity index (χ0) is 24.5. The molecule has 0 unspecified atom stereocenters. The van der Waals surface area contributed by atoms with Gasteiger partial charge in [-0.15, -0.1) is 0 Å². The fourth-order valence-electron chi connectivity index (χ4n) is 8.40. The lowest BCUT2D eigenvalue weighted by atomic mass is 9.63. The minimum Gasteiger partial charge on any atom is -0.339 e. The van der Waals surface area contributed by atoms with Crippen molar-refractivity contribution in [1.82, 2.24) is 10.2 Å². The second-order valence-corrected chi connectivity index (χ2v) is 12.0. The van der Waals surface area contributed by atoms with Crippen LogP contribution in [0.3, 0.4) is 0 Å². The average Bonchev–Trinajstić information content (AvgIpc) is 3.37. The van der Waals surface area contributed by atoms with Crippen molar-refractivity contribution in [3.05, 3.63) is 70.8 Å². The second kappa shape index (κ2) is 10.3. The van der Waals surface area contributed by atoms with Crippen molar-refractivity contribution in [2.75, 3.05) is 19.6 Å². The van der Waals surface area contributed by atoms with Crippen LogP contribution in [-0.2, 0) is 23.2 Å². The fourth-order valence-corrected chi connectivity index (χ4v) is 8.40. The lowest BCUT2D eigenvalue weighted by molar-refractivity contribution is -0.143. The summed E-state index contributed by atoms with van der Waals surface area (Å²) in [7, 11) is 0. The van der Waals surface area contributed by atoms with Crippen molar-refractivity contribution < 1.29 is 4.79 Å². The smallest absolute Gasteiger partial charge is 0.228 e. The molecular formula is C32H43N3O. The van der Waals surface area contributed by atoms with Crippen LogP contribution in [0.2, 0.25) is 0 Å². The van der Waals surface area contributed by atoms with E-state index in [1.807, 2.05) is 0 Å². The summed E-state index contributed by atoms with van der Waals surface area (Å²) in [6, 6.07) is 18.1. The summed E-state index contributed by atoms with van der Waals surface area (Å²) in [5.74, 6) is 1.68. The number of benzene rings is 2. The van der Waals surface area contributed by atoms with Gasteiger partial charge in [0.1, 0.15) is 0 Å². The summed E-state index contributed by atoms with van der Waals surface area (Å²) in [5.41, 5.74) is 11.6. The molecule has 2 aliphatic carbocycles. The van der Waals surface area contributed by atoms with Crippen LogP contribution < -0.4 is 11.1 Å². The maximum atomic E-state index is 14.6. The Labute approximate surface area is 217 Å². The summed E-state index contributed by atoms with van der Waals surface area (Å²) >= 11 is 0. The average molecular weight is 486 g/mol. The zero-order valence-electron chi connectivity index (χ0n) is 21.8. The van der Waals surface area contributed by atoms with Gasteiger partial charge in [0.15, 0.2) is 0 Å². The second-order valence-electron chi connectivity index (χ2n) is 12.0. The van der Waals surface area contributed by atoms with E-state index in [-0.39, 0.29) is 11.3 Å². The van der Waals surface area contributed by atoms with E-state index in [9.17, 15) is 4.79 Å². The first-order chi connectivity index (χ1) is 17.7. The van der Waals surface area contributed by atoms with Crippen molar-refractivity contribution in [2.24, 2.45) is 17.6 Å². The van der Waals surface area contributed by atoms with Gasteiger partial charge in [-0.3, -0.25) is 4.79 Å². The fraction of sp³-hybridized carbons (Fsp3) is 0.594. The Kier molecular flexibility index (Phi) is 6.92. The van der Waals surface area contributed by atoms with Crippen LogP contribution in [0.15, 0.2) is 48.5 Å². The molecule has 2 saturated heterocycles. The van der Waals surface area contributed by atoms with Gasteiger partial charge in [-0.05, 0) is 79.0 Å². The van der Waals surface area contributed by atoms with E-state index in [2.05, 4.69) is 58.7 Å². The van der Waals surface area contributed by atoms with E-state index < -0.39 is 0 Å². The maximum Gasteiger partial charge on any atom is 0.228 e. The zero-order valence-corrected chi connectivity index (χ0v) is 21.8. The quantitative estimate of drug-likeness (QED) is 0.618. The predicted molar refractivity (Wildman–Crippen MR) is 146 cm³/mol. The molecule has 0 aromatic heterocycles. The maximum absolute atomic E-state index is 14.6. The number of nitrogens with zero attached hydrogens (tertiary/aromatic N) is 1. The van der Waals surface area contributed by atoms with Crippen LogP contribution in [0.4, 0.5) is 0 Å². The Morgan fingerprint density at radius 2 is 1.83 bits per heavy atom. The van der Waals surface area contributed by atoms with Gasteiger partial charge in [0, 0.05) is 37.6 Å². The number of hydrogen-bond acceptors (Lipinski definition) is 3. The highest BCUT2D eigenvalue weighted by Gasteiger charge is 2.52. The number of likely N-dealkylation sites (tertiary alicyclic amines) is 1. The summed E-state index contributed by atoms with van der Waals surface area (Å²) in [5, 5.41) is 3.68. The number of rotatable bonds is 4.